The van der Waals surface area contributed by atoms with Gasteiger partial charge in [-0.15, -0.1) is 0 Å². The molecule has 0 amide bonds. The van der Waals surface area contributed by atoms with E-state index in [4.69, 9.17) is 4.74 Å². The Kier molecular flexibility index (Phi) is 3.51. The zero-order chi connectivity index (χ0) is 15.2. The molecule has 4 fully saturated rings. The van der Waals surface area contributed by atoms with Crippen LogP contribution in [-0.4, -0.2) is 5.97 Å². The molecule has 1 atom stereocenters. The number of esters is 1. The van der Waals surface area contributed by atoms with Gasteiger partial charge in [-0.3, -0.25) is 4.79 Å². The largest absolute Gasteiger partial charge is 0.457 e. The molecule has 0 spiro atoms. The summed E-state index contributed by atoms with van der Waals surface area (Å²) in [6, 6.07) is 10.2. The molecule has 0 aromatic heterocycles. The molecule has 1 aromatic carbocycles. The van der Waals surface area contributed by atoms with Gasteiger partial charge in [0.15, 0.2) is 0 Å². The first kappa shape index (κ1) is 14.3. The van der Waals surface area contributed by atoms with Gasteiger partial charge in [0.2, 0.25) is 0 Å². The Hall–Kier alpha value is -1.31. The normalized spacial score (nSPS) is 37.0. The van der Waals surface area contributed by atoms with Crippen molar-refractivity contribution in [3.8, 4) is 0 Å². The number of carbonyl (C=O) groups excluding carboxylic acids is 1. The predicted molar refractivity (Wildman–Crippen MR) is 86.2 cm³/mol. The number of ether oxygens (including phenoxy) is 1. The van der Waals surface area contributed by atoms with Crippen LogP contribution >= 0.6 is 0 Å². The molecule has 0 saturated heterocycles. The van der Waals surface area contributed by atoms with Gasteiger partial charge < -0.3 is 4.74 Å². The summed E-state index contributed by atoms with van der Waals surface area (Å²) in [5.41, 5.74) is 0.986. The number of hydrogen-bond acceptors (Lipinski definition) is 2. The van der Waals surface area contributed by atoms with Crippen LogP contribution in [0.3, 0.4) is 0 Å². The van der Waals surface area contributed by atoms with Crippen LogP contribution in [-0.2, 0) is 9.53 Å². The molecular formula is C20H26O2. The van der Waals surface area contributed by atoms with E-state index in [1.165, 1.54) is 19.3 Å². The molecule has 5 rings (SSSR count). The van der Waals surface area contributed by atoms with Crippen molar-refractivity contribution in [1.29, 1.82) is 0 Å². The van der Waals surface area contributed by atoms with Crippen molar-refractivity contribution in [3.63, 3.8) is 0 Å². The summed E-state index contributed by atoms with van der Waals surface area (Å²) in [6.45, 7) is 2.10. The molecular weight excluding hydrogens is 272 g/mol. The maximum atomic E-state index is 13.0. The zero-order valence-corrected chi connectivity index (χ0v) is 13.5. The second-order valence-electron chi connectivity index (χ2n) is 7.91. The van der Waals surface area contributed by atoms with E-state index in [2.05, 4.69) is 19.1 Å². The highest BCUT2D eigenvalue weighted by atomic mass is 16.5. The number of carbonyl (C=O) groups is 1. The monoisotopic (exact) mass is 298 g/mol. The number of rotatable bonds is 4. The lowest BCUT2D eigenvalue weighted by molar-refractivity contribution is -0.177. The molecule has 1 aromatic rings. The first-order chi connectivity index (χ1) is 10.7. The van der Waals surface area contributed by atoms with Crippen molar-refractivity contribution in [2.24, 2.45) is 23.2 Å². The Balaban J connectivity index is 1.52. The molecule has 118 valence electrons. The zero-order valence-electron chi connectivity index (χ0n) is 13.5. The summed E-state index contributed by atoms with van der Waals surface area (Å²) in [5.74, 6) is 2.46. The maximum Gasteiger partial charge on any atom is 0.312 e. The molecule has 2 heteroatoms. The van der Waals surface area contributed by atoms with Gasteiger partial charge in [-0.1, -0.05) is 37.3 Å². The highest BCUT2D eigenvalue weighted by Gasteiger charge is 2.55. The minimum absolute atomic E-state index is 0.0818. The third kappa shape index (κ3) is 2.37. The van der Waals surface area contributed by atoms with Crippen molar-refractivity contribution in [2.75, 3.05) is 0 Å². The average molecular weight is 298 g/mol. The van der Waals surface area contributed by atoms with Crippen molar-refractivity contribution < 1.29 is 9.53 Å². The van der Waals surface area contributed by atoms with Crippen molar-refractivity contribution in [2.45, 2.75) is 58.0 Å². The van der Waals surface area contributed by atoms with E-state index in [0.29, 0.717) is 0 Å². The van der Waals surface area contributed by atoms with E-state index in [-0.39, 0.29) is 17.5 Å². The fraction of sp³-hybridized carbons (Fsp3) is 0.650. The molecule has 4 bridgehead atoms. The van der Waals surface area contributed by atoms with Crippen molar-refractivity contribution in [1.82, 2.24) is 0 Å². The third-order valence-corrected chi connectivity index (χ3v) is 6.26. The lowest BCUT2D eigenvalue weighted by atomic mass is 9.49. The van der Waals surface area contributed by atoms with Crippen molar-refractivity contribution in [3.05, 3.63) is 35.9 Å². The van der Waals surface area contributed by atoms with Gasteiger partial charge in [0.25, 0.3) is 0 Å². The van der Waals surface area contributed by atoms with Gasteiger partial charge in [-0.2, -0.15) is 0 Å². The lowest BCUT2D eigenvalue weighted by Crippen LogP contribution is -2.50. The molecule has 4 aliphatic rings. The number of benzene rings is 1. The van der Waals surface area contributed by atoms with Gasteiger partial charge in [0.1, 0.15) is 6.10 Å². The lowest BCUT2D eigenvalue weighted by Gasteiger charge is -2.55. The van der Waals surface area contributed by atoms with Crippen LogP contribution in [0.25, 0.3) is 0 Å². The van der Waals surface area contributed by atoms with Gasteiger partial charge in [-0.25, -0.2) is 0 Å². The SMILES string of the molecule is CCC(OC(=O)C12CC3CC(CC(C3)C1)C2)c1ccccc1. The third-order valence-electron chi connectivity index (χ3n) is 6.26. The van der Waals surface area contributed by atoms with Crippen LogP contribution in [0, 0.1) is 23.2 Å². The molecule has 0 N–H and O–H groups in total. The Morgan fingerprint density at radius 2 is 1.64 bits per heavy atom. The molecule has 0 heterocycles. The second kappa shape index (κ2) is 5.40. The van der Waals surface area contributed by atoms with E-state index >= 15 is 0 Å². The maximum absolute atomic E-state index is 13.0. The molecule has 0 radical (unpaired) electrons. The quantitative estimate of drug-likeness (QED) is 0.739. The molecule has 4 aliphatic carbocycles. The topological polar surface area (TPSA) is 26.3 Å². The van der Waals surface area contributed by atoms with Crippen LogP contribution < -0.4 is 0 Å². The van der Waals surface area contributed by atoms with Crippen LogP contribution in [0.5, 0.6) is 0 Å². The fourth-order valence-electron chi connectivity index (χ4n) is 5.67. The fourth-order valence-corrected chi connectivity index (χ4v) is 5.67. The Morgan fingerprint density at radius 3 is 2.14 bits per heavy atom. The first-order valence-electron chi connectivity index (χ1n) is 8.94. The minimum atomic E-state index is -0.142. The van der Waals surface area contributed by atoms with Gasteiger partial charge in [0, 0.05) is 0 Å². The molecule has 2 nitrogen and oxygen atoms in total. The summed E-state index contributed by atoms with van der Waals surface area (Å²) in [5, 5.41) is 0. The Morgan fingerprint density at radius 1 is 1.09 bits per heavy atom. The molecule has 0 aliphatic heterocycles. The standard InChI is InChI=1S/C20H26O2/c1-2-18(17-6-4-3-5-7-17)22-19(21)20-11-14-8-15(12-20)10-16(9-14)13-20/h3-7,14-16,18H,2,8-13H2,1H3. The van der Waals surface area contributed by atoms with Gasteiger partial charge in [0.05, 0.1) is 5.41 Å². The van der Waals surface area contributed by atoms with Crippen LogP contribution in [0.2, 0.25) is 0 Å². The van der Waals surface area contributed by atoms with E-state index in [1.807, 2.05) is 18.2 Å². The van der Waals surface area contributed by atoms with Gasteiger partial charge in [-0.05, 0) is 68.3 Å². The smallest absolute Gasteiger partial charge is 0.312 e. The number of hydrogen-bond donors (Lipinski definition) is 0. The molecule has 1 unspecified atom stereocenters. The van der Waals surface area contributed by atoms with E-state index < -0.39 is 0 Å². The van der Waals surface area contributed by atoms with E-state index in [1.54, 1.807) is 0 Å². The van der Waals surface area contributed by atoms with Gasteiger partial charge >= 0.3 is 5.97 Å². The Labute approximate surface area is 133 Å². The van der Waals surface area contributed by atoms with Crippen LogP contribution in [0.4, 0.5) is 0 Å². The second-order valence-corrected chi connectivity index (χ2v) is 7.91. The predicted octanol–water partition coefficient (Wildman–Crippen LogP) is 4.90. The van der Waals surface area contributed by atoms with E-state index in [9.17, 15) is 4.79 Å². The highest BCUT2D eigenvalue weighted by Crippen LogP contribution is 2.60. The summed E-state index contributed by atoms with van der Waals surface area (Å²) < 4.78 is 6.03. The average Bonchev–Trinajstić information content (AvgIpc) is 2.52. The minimum Gasteiger partial charge on any atom is -0.457 e. The first-order valence-corrected chi connectivity index (χ1v) is 8.94. The Bertz CT molecular complexity index is 513. The summed E-state index contributed by atoms with van der Waals surface area (Å²) >= 11 is 0. The highest BCUT2D eigenvalue weighted by molar-refractivity contribution is 5.77. The molecule has 22 heavy (non-hydrogen) atoms. The molecule has 4 saturated carbocycles. The van der Waals surface area contributed by atoms with E-state index in [0.717, 1.165) is 49.0 Å². The summed E-state index contributed by atoms with van der Waals surface area (Å²) in [4.78, 5) is 13.0. The van der Waals surface area contributed by atoms with Crippen molar-refractivity contribution >= 4 is 5.97 Å². The van der Waals surface area contributed by atoms with Crippen LogP contribution in [0.1, 0.15) is 63.5 Å². The summed E-state index contributed by atoms with van der Waals surface area (Å²) in [7, 11) is 0. The summed E-state index contributed by atoms with van der Waals surface area (Å²) in [6.07, 6.45) is 8.12. The van der Waals surface area contributed by atoms with Crippen LogP contribution in [0.15, 0.2) is 30.3 Å².